The first-order valence-corrected chi connectivity index (χ1v) is 11.0. The maximum Gasteiger partial charge on any atom is 0.174 e. The number of hydrogen-bond acceptors (Lipinski definition) is 4. The molecule has 0 atom stereocenters. The Labute approximate surface area is 190 Å². The van der Waals surface area contributed by atoms with Gasteiger partial charge in [-0.25, -0.2) is 9.97 Å². The second-order valence-electron chi connectivity index (χ2n) is 6.88. The molecule has 1 heterocycles. The van der Waals surface area contributed by atoms with Crippen LogP contribution in [-0.4, -0.2) is 9.97 Å². The number of hydrogen-bond donors (Lipinski definition) is 2. The lowest BCUT2D eigenvalue weighted by Crippen LogP contribution is -2.03. The normalized spacial score (nSPS) is 11.0. The van der Waals surface area contributed by atoms with Crippen LogP contribution in [-0.2, 0) is 0 Å². The van der Waals surface area contributed by atoms with Gasteiger partial charge in [0.05, 0.1) is 11.0 Å². The molecule has 0 aliphatic carbocycles. The number of rotatable bonds is 4. The molecule has 0 saturated carbocycles. The van der Waals surface area contributed by atoms with Gasteiger partial charge < -0.3 is 10.6 Å². The molecule has 1 aromatic heterocycles. The number of halogens is 2. The molecule has 0 saturated heterocycles. The highest BCUT2D eigenvalue weighted by Gasteiger charge is 2.11. The Morgan fingerprint density at radius 1 is 0.533 bits per heavy atom. The third kappa shape index (κ3) is 4.01. The molecule has 4 nitrogen and oxygen atoms in total. The SMILES string of the molecule is Brc1cccc(Nc2nc3cc4ccccc4cc3nc2Nc2cccc(Br)c2)c1. The van der Waals surface area contributed by atoms with Crippen molar-refractivity contribution in [3.8, 4) is 0 Å². The van der Waals surface area contributed by atoms with Crippen molar-refractivity contribution in [3.05, 3.63) is 93.9 Å². The highest BCUT2D eigenvalue weighted by atomic mass is 79.9. The van der Waals surface area contributed by atoms with Crippen molar-refractivity contribution < 1.29 is 0 Å². The highest BCUT2D eigenvalue weighted by molar-refractivity contribution is 9.10. The maximum absolute atomic E-state index is 4.91. The van der Waals surface area contributed by atoms with Gasteiger partial charge in [-0.3, -0.25) is 0 Å². The standard InChI is InChI=1S/C24H16Br2N4/c25-17-7-3-9-19(13-17)27-23-24(28-20-10-4-8-18(26)14-20)30-22-12-16-6-2-1-5-15(16)11-21(22)29-23/h1-14H,(H,27,29)(H,28,30). The lowest BCUT2D eigenvalue weighted by Gasteiger charge is -2.14. The Morgan fingerprint density at radius 2 is 1.00 bits per heavy atom. The lowest BCUT2D eigenvalue weighted by molar-refractivity contribution is 1.27. The predicted molar refractivity (Wildman–Crippen MR) is 132 cm³/mol. The van der Waals surface area contributed by atoms with E-state index in [2.05, 4.69) is 66.8 Å². The Balaban J connectivity index is 1.65. The summed E-state index contributed by atoms with van der Waals surface area (Å²) in [4.78, 5) is 9.81. The van der Waals surface area contributed by atoms with Crippen molar-refractivity contribution in [1.82, 2.24) is 9.97 Å². The Bertz CT molecular complexity index is 1280. The average molecular weight is 520 g/mol. The minimum Gasteiger partial charge on any atom is -0.337 e. The Morgan fingerprint density at radius 3 is 1.43 bits per heavy atom. The molecule has 0 amide bonds. The smallest absolute Gasteiger partial charge is 0.174 e. The third-order valence-electron chi connectivity index (χ3n) is 4.71. The van der Waals surface area contributed by atoms with Crippen molar-refractivity contribution in [3.63, 3.8) is 0 Å². The second-order valence-corrected chi connectivity index (χ2v) is 8.71. The Kier molecular flexibility index (Phi) is 5.11. The van der Waals surface area contributed by atoms with Gasteiger partial charge in [0.2, 0.25) is 0 Å². The number of benzene rings is 4. The summed E-state index contributed by atoms with van der Waals surface area (Å²) >= 11 is 7.05. The topological polar surface area (TPSA) is 49.8 Å². The lowest BCUT2D eigenvalue weighted by atomic mass is 10.1. The van der Waals surface area contributed by atoms with E-state index in [-0.39, 0.29) is 0 Å². The van der Waals surface area contributed by atoms with Crippen LogP contribution in [0.4, 0.5) is 23.0 Å². The predicted octanol–water partition coefficient (Wildman–Crippen LogP) is 7.80. The molecule has 2 N–H and O–H groups in total. The third-order valence-corrected chi connectivity index (χ3v) is 5.69. The molecule has 0 unspecified atom stereocenters. The van der Waals surface area contributed by atoms with E-state index in [0.29, 0.717) is 11.6 Å². The quantitative estimate of drug-likeness (QED) is 0.238. The molecule has 6 heteroatoms. The molecule has 4 aromatic carbocycles. The summed E-state index contributed by atoms with van der Waals surface area (Å²) in [6, 6.07) is 28.4. The van der Waals surface area contributed by atoms with Crippen molar-refractivity contribution in [2.45, 2.75) is 0 Å². The fourth-order valence-electron chi connectivity index (χ4n) is 3.32. The summed E-state index contributed by atoms with van der Waals surface area (Å²) in [5.41, 5.74) is 3.53. The van der Waals surface area contributed by atoms with Crippen LogP contribution in [0.25, 0.3) is 21.8 Å². The average Bonchev–Trinajstić information content (AvgIpc) is 2.73. The van der Waals surface area contributed by atoms with E-state index >= 15 is 0 Å². The molecular formula is C24H16Br2N4. The van der Waals surface area contributed by atoms with Crippen LogP contribution in [0.5, 0.6) is 0 Å². The molecule has 146 valence electrons. The zero-order chi connectivity index (χ0) is 20.5. The zero-order valence-electron chi connectivity index (χ0n) is 15.7. The van der Waals surface area contributed by atoms with Gasteiger partial charge in [-0.1, -0.05) is 68.3 Å². The summed E-state index contributed by atoms with van der Waals surface area (Å²) in [7, 11) is 0. The molecule has 0 aliphatic rings. The first-order valence-electron chi connectivity index (χ1n) is 9.40. The molecule has 0 radical (unpaired) electrons. The van der Waals surface area contributed by atoms with Crippen LogP contribution in [0.3, 0.4) is 0 Å². The number of fused-ring (bicyclic) bond motifs is 2. The van der Waals surface area contributed by atoms with Gasteiger partial charge in [0.15, 0.2) is 11.6 Å². The van der Waals surface area contributed by atoms with E-state index in [9.17, 15) is 0 Å². The van der Waals surface area contributed by atoms with E-state index in [1.807, 2.05) is 60.7 Å². The Hall–Kier alpha value is -2.96. The molecule has 0 spiro atoms. The van der Waals surface area contributed by atoms with Crippen LogP contribution in [0.15, 0.2) is 93.9 Å². The van der Waals surface area contributed by atoms with Gasteiger partial charge in [-0.05, 0) is 59.3 Å². The number of nitrogens with zero attached hydrogens (tertiary/aromatic N) is 2. The number of anilines is 4. The van der Waals surface area contributed by atoms with Crippen LogP contribution < -0.4 is 10.6 Å². The van der Waals surface area contributed by atoms with Crippen LogP contribution >= 0.6 is 31.9 Å². The molecule has 30 heavy (non-hydrogen) atoms. The van der Waals surface area contributed by atoms with Crippen LogP contribution in [0.1, 0.15) is 0 Å². The molecule has 5 rings (SSSR count). The van der Waals surface area contributed by atoms with Gasteiger partial charge in [0.25, 0.3) is 0 Å². The first-order chi connectivity index (χ1) is 14.6. The molecule has 0 fully saturated rings. The molecule has 0 aliphatic heterocycles. The van der Waals surface area contributed by atoms with E-state index in [4.69, 9.17) is 9.97 Å². The molecule has 0 bridgehead atoms. The van der Waals surface area contributed by atoms with Gasteiger partial charge in [0, 0.05) is 20.3 Å². The van der Waals surface area contributed by atoms with Crippen LogP contribution in [0.2, 0.25) is 0 Å². The zero-order valence-corrected chi connectivity index (χ0v) is 18.9. The summed E-state index contributed by atoms with van der Waals surface area (Å²) < 4.78 is 1.99. The highest BCUT2D eigenvalue weighted by Crippen LogP contribution is 2.31. The van der Waals surface area contributed by atoms with Crippen molar-refractivity contribution in [1.29, 1.82) is 0 Å². The number of nitrogens with one attached hydrogen (secondary N) is 2. The van der Waals surface area contributed by atoms with Gasteiger partial charge >= 0.3 is 0 Å². The fraction of sp³-hybridized carbons (Fsp3) is 0. The second kappa shape index (κ2) is 8.05. The van der Waals surface area contributed by atoms with E-state index in [1.165, 1.54) is 0 Å². The minimum absolute atomic E-state index is 0.663. The van der Waals surface area contributed by atoms with Gasteiger partial charge in [-0.2, -0.15) is 0 Å². The van der Waals surface area contributed by atoms with Crippen molar-refractivity contribution in [2.75, 3.05) is 10.6 Å². The van der Waals surface area contributed by atoms with E-state index in [0.717, 1.165) is 42.1 Å². The molecule has 5 aromatic rings. The van der Waals surface area contributed by atoms with Crippen LogP contribution in [0, 0.1) is 0 Å². The fourth-order valence-corrected chi connectivity index (χ4v) is 4.12. The maximum atomic E-state index is 4.91. The van der Waals surface area contributed by atoms with Crippen molar-refractivity contribution in [2.24, 2.45) is 0 Å². The van der Waals surface area contributed by atoms with E-state index in [1.54, 1.807) is 0 Å². The first kappa shape index (κ1) is 19.0. The van der Waals surface area contributed by atoms with Gasteiger partial charge in [-0.15, -0.1) is 0 Å². The molecular weight excluding hydrogens is 504 g/mol. The monoisotopic (exact) mass is 518 g/mol. The van der Waals surface area contributed by atoms with E-state index < -0.39 is 0 Å². The summed E-state index contributed by atoms with van der Waals surface area (Å²) in [6.07, 6.45) is 0. The summed E-state index contributed by atoms with van der Waals surface area (Å²) in [5, 5.41) is 9.10. The van der Waals surface area contributed by atoms with Crippen molar-refractivity contribution >= 4 is 76.7 Å². The number of aromatic nitrogens is 2. The summed E-state index contributed by atoms with van der Waals surface area (Å²) in [5.74, 6) is 1.33. The summed E-state index contributed by atoms with van der Waals surface area (Å²) in [6.45, 7) is 0. The largest absolute Gasteiger partial charge is 0.337 e. The minimum atomic E-state index is 0.663. The van der Waals surface area contributed by atoms with Gasteiger partial charge in [0.1, 0.15) is 0 Å².